The van der Waals surface area contributed by atoms with E-state index >= 15 is 0 Å². The van der Waals surface area contributed by atoms with Crippen molar-refractivity contribution in [2.45, 2.75) is 58.0 Å². The van der Waals surface area contributed by atoms with Gasteiger partial charge >= 0.3 is 6.09 Å². The maximum Gasteiger partial charge on any atom is 0.407 e. The van der Waals surface area contributed by atoms with Gasteiger partial charge in [-0.25, -0.2) is 4.79 Å². The number of fused-ring (bicyclic) bond motifs is 3. The molecule has 2 aromatic carbocycles. The Morgan fingerprint density at radius 3 is 2.04 bits per heavy atom. The first kappa shape index (κ1) is 20.6. The monoisotopic (exact) mass is 371 g/mol. The Hall–Kier alpha value is -2.16. The second-order valence-electron chi connectivity index (χ2n) is 8.83. The Labute approximate surface area is 171 Å². The number of rotatable bonds is 5. The highest BCUT2D eigenvalue weighted by Gasteiger charge is 2.38. The third kappa shape index (κ3) is 4.29. The van der Waals surface area contributed by atoms with Crippen LogP contribution in [-0.2, 0) is 10.2 Å². The summed E-state index contributed by atoms with van der Waals surface area (Å²) in [5, 5.41) is 2.83. The minimum absolute atomic E-state index is 0.138. The van der Waals surface area contributed by atoms with Crippen molar-refractivity contribution in [1.82, 2.24) is 5.32 Å². The zero-order valence-corrected chi connectivity index (χ0v) is 17.3. The van der Waals surface area contributed by atoms with Crippen molar-refractivity contribution < 1.29 is 9.53 Å². The number of carbonyl (C=O) groups is 1. The fraction of sp³-hybridized carbons (Fsp3) is 0.435. The van der Waals surface area contributed by atoms with Crippen molar-refractivity contribution in [3.8, 4) is 11.1 Å². The molecule has 0 heterocycles. The van der Waals surface area contributed by atoms with Gasteiger partial charge in [0.2, 0.25) is 0 Å². The first-order chi connectivity index (χ1) is 13.1. The van der Waals surface area contributed by atoms with Gasteiger partial charge in [0, 0.05) is 12.0 Å². The molecule has 2 aromatic rings. The van der Waals surface area contributed by atoms with Crippen LogP contribution in [0, 0.1) is 0 Å². The second-order valence-corrected chi connectivity index (χ2v) is 8.83. The fourth-order valence-corrected chi connectivity index (χ4v) is 4.03. The zero-order valence-electron chi connectivity index (χ0n) is 17.3. The summed E-state index contributed by atoms with van der Waals surface area (Å²) in [5.41, 5.74) is 5.92. The second kappa shape index (κ2) is 7.69. The molecule has 4 radical (unpaired) electrons. The van der Waals surface area contributed by atoms with Crippen LogP contribution >= 0.6 is 0 Å². The van der Waals surface area contributed by atoms with Crippen molar-refractivity contribution in [3.05, 3.63) is 47.5 Å². The van der Waals surface area contributed by atoms with Crippen molar-refractivity contribution >= 4 is 32.7 Å². The summed E-state index contributed by atoms with van der Waals surface area (Å²) in [7, 11) is 12.2. The molecule has 0 saturated heterocycles. The molecule has 0 aromatic heterocycles. The predicted octanol–water partition coefficient (Wildman–Crippen LogP) is 3.26. The van der Waals surface area contributed by atoms with Gasteiger partial charge < -0.3 is 10.1 Å². The van der Waals surface area contributed by atoms with Crippen LogP contribution in [0.3, 0.4) is 0 Å². The van der Waals surface area contributed by atoms with Crippen LogP contribution in [0.5, 0.6) is 0 Å². The Kier molecular flexibility index (Phi) is 5.65. The molecule has 3 nitrogen and oxygen atoms in total. The molecule has 0 spiro atoms. The molecule has 3 rings (SSSR count). The summed E-state index contributed by atoms with van der Waals surface area (Å²) in [6.07, 6.45) is 2.44. The number of nitrogens with one attached hydrogen (secondary N) is 1. The molecular formula is C23H27B2NO2. The quantitative estimate of drug-likeness (QED) is 0.648. The van der Waals surface area contributed by atoms with Crippen LogP contribution in [0.15, 0.2) is 36.4 Å². The highest BCUT2D eigenvalue weighted by Crippen LogP contribution is 2.50. The smallest absolute Gasteiger partial charge is 0.407 e. The molecule has 28 heavy (non-hydrogen) atoms. The van der Waals surface area contributed by atoms with E-state index in [2.05, 4.69) is 36.5 Å². The minimum Gasteiger partial charge on any atom is -0.444 e. The lowest BCUT2D eigenvalue weighted by molar-refractivity contribution is 0.0527. The van der Waals surface area contributed by atoms with Crippen LogP contribution in [-0.4, -0.2) is 33.9 Å². The van der Waals surface area contributed by atoms with E-state index in [0.717, 1.165) is 30.2 Å². The molecule has 0 unspecified atom stereocenters. The Morgan fingerprint density at radius 1 is 1.00 bits per heavy atom. The molecule has 0 bridgehead atoms. The number of hydrogen-bond donors (Lipinski definition) is 1. The van der Waals surface area contributed by atoms with Gasteiger partial charge in [-0.3, -0.25) is 0 Å². The van der Waals surface area contributed by atoms with Gasteiger partial charge in [-0.2, -0.15) is 0 Å². The van der Waals surface area contributed by atoms with Gasteiger partial charge in [-0.05, 0) is 55.9 Å². The molecule has 1 N–H and O–H groups in total. The maximum absolute atomic E-state index is 11.8. The highest BCUT2D eigenvalue weighted by molar-refractivity contribution is 6.33. The summed E-state index contributed by atoms with van der Waals surface area (Å²) in [4.78, 5) is 11.8. The Morgan fingerprint density at radius 2 is 1.54 bits per heavy atom. The molecule has 0 saturated carbocycles. The van der Waals surface area contributed by atoms with Crippen molar-refractivity contribution in [2.75, 3.05) is 6.54 Å². The number of amides is 1. The predicted molar refractivity (Wildman–Crippen MR) is 117 cm³/mol. The first-order valence-corrected chi connectivity index (χ1v) is 9.87. The summed E-state index contributed by atoms with van der Waals surface area (Å²) in [5.74, 6) is 0. The standard InChI is InChI=1S/C23H27B2NO2/c1-22(2,3)28-21(27)26-12-6-5-11-23(4)19-13-15(24)7-9-17(19)18-10-8-16(25)14-20(18)23/h7-10,13-14H,5-6,11-12H2,1-4H3,(H,26,27). The molecule has 5 heteroatoms. The largest absolute Gasteiger partial charge is 0.444 e. The molecule has 1 aliphatic carbocycles. The third-order valence-electron chi connectivity index (χ3n) is 5.34. The van der Waals surface area contributed by atoms with E-state index < -0.39 is 5.60 Å². The summed E-state index contributed by atoms with van der Waals surface area (Å²) >= 11 is 0. The maximum atomic E-state index is 11.8. The third-order valence-corrected chi connectivity index (χ3v) is 5.34. The molecule has 1 aliphatic rings. The summed E-state index contributed by atoms with van der Waals surface area (Å²) in [6, 6.07) is 12.3. The number of alkyl carbamates (subject to hydrolysis) is 1. The van der Waals surface area contributed by atoms with Crippen molar-refractivity contribution in [2.24, 2.45) is 0 Å². The van der Waals surface area contributed by atoms with Crippen molar-refractivity contribution in [1.29, 1.82) is 0 Å². The first-order valence-electron chi connectivity index (χ1n) is 9.87. The van der Waals surface area contributed by atoms with Gasteiger partial charge in [-0.15, -0.1) is 0 Å². The average molecular weight is 371 g/mol. The van der Waals surface area contributed by atoms with Gasteiger partial charge in [0.1, 0.15) is 21.3 Å². The van der Waals surface area contributed by atoms with E-state index in [1.54, 1.807) is 0 Å². The van der Waals surface area contributed by atoms with Gasteiger partial charge in [0.15, 0.2) is 0 Å². The van der Waals surface area contributed by atoms with Crippen LogP contribution in [0.2, 0.25) is 0 Å². The number of hydrogen-bond acceptors (Lipinski definition) is 2. The van der Waals surface area contributed by atoms with E-state index in [1.807, 2.05) is 32.9 Å². The summed E-state index contributed by atoms with van der Waals surface area (Å²) in [6.45, 7) is 8.44. The lowest BCUT2D eigenvalue weighted by atomic mass is 9.74. The van der Waals surface area contributed by atoms with E-state index in [9.17, 15) is 4.79 Å². The van der Waals surface area contributed by atoms with Gasteiger partial charge in [-0.1, -0.05) is 60.7 Å². The number of carbonyl (C=O) groups excluding carboxylic acids is 1. The number of benzene rings is 2. The average Bonchev–Trinajstić information content (AvgIpc) is 2.82. The van der Waals surface area contributed by atoms with Crippen LogP contribution in [0.1, 0.15) is 58.1 Å². The minimum atomic E-state index is -0.477. The van der Waals surface area contributed by atoms with Crippen molar-refractivity contribution in [3.63, 3.8) is 0 Å². The fourth-order valence-electron chi connectivity index (χ4n) is 4.03. The van der Waals surface area contributed by atoms with Gasteiger partial charge in [0.25, 0.3) is 0 Å². The van der Waals surface area contributed by atoms with E-state index in [-0.39, 0.29) is 11.5 Å². The normalized spacial score (nSPS) is 14.3. The highest BCUT2D eigenvalue weighted by atomic mass is 16.6. The zero-order chi connectivity index (χ0) is 20.5. The molecule has 1 amide bonds. The SMILES string of the molecule is [B]c1ccc2c(c1)C(C)(CCCCNC(=O)OC(C)(C)C)c1cc([B])ccc1-2. The lowest BCUT2D eigenvalue weighted by Crippen LogP contribution is -2.33. The van der Waals surface area contributed by atoms with E-state index in [4.69, 9.17) is 20.4 Å². The van der Waals surface area contributed by atoms with E-state index in [0.29, 0.717) is 6.54 Å². The lowest BCUT2D eigenvalue weighted by Gasteiger charge is -2.28. The Bertz CT molecular complexity index is 835. The molecular weight excluding hydrogens is 344 g/mol. The molecule has 0 fully saturated rings. The van der Waals surface area contributed by atoms with Crippen LogP contribution < -0.4 is 16.2 Å². The van der Waals surface area contributed by atoms with Crippen LogP contribution in [0.25, 0.3) is 11.1 Å². The topological polar surface area (TPSA) is 38.3 Å². The summed E-state index contributed by atoms with van der Waals surface area (Å²) < 4.78 is 5.28. The molecule has 0 atom stereocenters. The number of unbranched alkanes of at least 4 members (excludes halogenated alkanes) is 1. The molecule has 142 valence electrons. The van der Waals surface area contributed by atoms with Gasteiger partial charge in [0.05, 0.1) is 0 Å². The Balaban J connectivity index is 1.69. The van der Waals surface area contributed by atoms with Crippen LogP contribution in [0.4, 0.5) is 4.79 Å². The molecule has 0 aliphatic heterocycles. The van der Waals surface area contributed by atoms with E-state index in [1.165, 1.54) is 22.3 Å². The number of ether oxygens (including phenoxy) is 1.